The summed E-state index contributed by atoms with van der Waals surface area (Å²) in [6, 6.07) is 8.68. The zero-order valence-electron chi connectivity index (χ0n) is 10.9. The Hall–Kier alpha value is -1.53. The molecule has 96 valence electrons. The molecule has 1 aliphatic heterocycles. The van der Waals surface area contributed by atoms with Crippen LogP contribution >= 0.6 is 0 Å². The second kappa shape index (κ2) is 5.88. The molecule has 1 N–H and O–H groups in total. The maximum Gasteiger partial charge on any atom is 0.101 e. The van der Waals surface area contributed by atoms with Gasteiger partial charge < -0.3 is 10.0 Å². The van der Waals surface area contributed by atoms with Gasteiger partial charge in [-0.1, -0.05) is 12.1 Å². The highest BCUT2D eigenvalue weighted by Crippen LogP contribution is 2.33. The third kappa shape index (κ3) is 2.49. The predicted octanol–water partition coefficient (Wildman–Crippen LogP) is 2.61. The Bertz CT molecular complexity index is 450. The largest absolute Gasteiger partial charge is 0.396 e. The molecule has 0 bridgehead atoms. The number of nitriles is 1. The number of rotatable bonds is 4. The minimum absolute atomic E-state index is 0.253. The average molecular weight is 244 g/mol. The lowest BCUT2D eigenvalue weighted by Crippen LogP contribution is -2.30. The molecular formula is C15H20N2O. The molecule has 18 heavy (non-hydrogen) atoms. The van der Waals surface area contributed by atoms with Crippen molar-refractivity contribution in [2.45, 2.75) is 38.6 Å². The summed E-state index contributed by atoms with van der Waals surface area (Å²) < 4.78 is 0. The second-order valence-electron chi connectivity index (χ2n) is 4.94. The third-order valence-corrected chi connectivity index (χ3v) is 3.72. The molecule has 0 aliphatic carbocycles. The normalized spacial score (nSPS) is 18.9. The average Bonchev–Trinajstić information content (AvgIpc) is 2.83. The van der Waals surface area contributed by atoms with Gasteiger partial charge in [0.05, 0.1) is 11.3 Å². The zero-order valence-corrected chi connectivity index (χ0v) is 10.9. The van der Waals surface area contributed by atoms with E-state index in [1.165, 1.54) is 18.4 Å². The standard InChI is InChI=1S/C15H20N2O/c1-12-5-2-6-13(11-16)15(12)17-9-3-7-14(17)8-4-10-18/h2,5-6,14,18H,3-4,7-10H2,1H3. The quantitative estimate of drug-likeness (QED) is 0.885. The smallest absolute Gasteiger partial charge is 0.101 e. The van der Waals surface area contributed by atoms with E-state index in [2.05, 4.69) is 24.0 Å². The number of hydrogen-bond acceptors (Lipinski definition) is 3. The van der Waals surface area contributed by atoms with Crippen LogP contribution in [0.2, 0.25) is 0 Å². The van der Waals surface area contributed by atoms with Gasteiger partial charge >= 0.3 is 0 Å². The van der Waals surface area contributed by atoms with E-state index < -0.39 is 0 Å². The van der Waals surface area contributed by atoms with Gasteiger partial charge in [-0.25, -0.2) is 0 Å². The van der Waals surface area contributed by atoms with Crippen molar-refractivity contribution in [2.24, 2.45) is 0 Å². The lowest BCUT2D eigenvalue weighted by molar-refractivity contribution is 0.279. The molecule has 1 fully saturated rings. The van der Waals surface area contributed by atoms with Gasteiger partial charge in [0.25, 0.3) is 0 Å². The Morgan fingerprint density at radius 2 is 2.33 bits per heavy atom. The number of aryl methyl sites for hydroxylation is 1. The molecule has 1 atom stereocenters. The van der Waals surface area contributed by atoms with Crippen LogP contribution in [0.25, 0.3) is 0 Å². The molecule has 0 spiro atoms. The zero-order chi connectivity index (χ0) is 13.0. The van der Waals surface area contributed by atoms with Gasteiger partial charge in [-0.15, -0.1) is 0 Å². The molecule has 3 heteroatoms. The van der Waals surface area contributed by atoms with E-state index in [1.807, 2.05) is 12.1 Å². The number of aliphatic hydroxyl groups excluding tert-OH is 1. The first kappa shape index (κ1) is 12.9. The molecule has 1 aromatic carbocycles. The lowest BCUT2D eigenvalue weighted by Gasteiger charge is -2.29. The van der Waals surface area contributed by atoms with Gasteiger partial charge in [0.1, 0.15) is 6.07 Å². The fourth-order valence-corrected chi connectivity index (χ4v) is 2.89. The molecule has 3 nitrogen and oxygen atoms in total. The summed E-state index contributed by atoms with van der Waals surface area (Å²) in [5, 5.41) is 18.2. The van der Waals surface area contributed by atoms with E-state index in [0.717, 1.165) is 30.6 Å². The van der Waals surface area contributed by atoms with Crippen molar-refractivity contribution in [3.63, 3.8) is 0 Å². The summed E-state index contributed by atoms with van der Waals surface area (Å²) in [5.74, 6) is 0. The van der Waals surface area contributed by atoms with Gasteiger partial charge in [-0.3, -0.25) is 0 Å². The molecule has 0 radical (unpaired) electrons. The van der Waals surface area contributed by atoms with Crippen molar-refractivity contribution in [1.29, 1.82) is 5.26 Å². The molecule has 0 aromatic heterocycles. The molecule has 0 amide bonds. The fourth-order valence-electron chi connectivity index (χ4n) is 2.89. The monoisotopic (exact) mass is 244 g/mol. The van der Waals surface area contributed by atoms with Crippen molar-refractivity contribution < 1.29 is 5.11 Å². The highest BCUT2D eigenvalue weighted by Gasteiger charge is 2.26. The molecule has 1 saturated heterocycles. The van der Waals surface area contributed by atoms with Gasteiger partial charge in [0.15, 0.2) is 0 Å². The maximum absolute atomic E-state index is 9.25. The van der Waals surface area contributed by atoms with Crippen LogP contribution < -0.4 is 4.90 Å². The van der Waals surface area contributed by atoms with Gasteiger partial charge in [0.2, 0.25) is 0 Å². The van der Waals surface area contributed by atoms with Crippen LogP contribution in [-0.4, -0.2) is 24.3 Å². The first-order valence-electron chi connectivity index (χ1n) is 6.65. The minimum atomic E-state index is 0.253. The van der Waals surface area contributed by atoms with E-state index in [4.69, 9.17) is 5.11 Å². The topological polar surface area (TPSA) is 47.3 Å². The summed E-state index contributed by atoms with van der Waals surface area (Å²) in [7, 11) is 0. The van der Waals surface area contributed by atoms with E-state index in [9.17, 15) is 5.26 Å². The highest BCUT2D eigenvalue weighted by molar-refractivity contribution is 5.65. The summed E-state index contributed by atoms with van der Waals surface area (Å²) in [6.45, 7) is 3.34. The van der Waals surface area contributed by atoms with Crippen LogP contribution in [0.4, 0.5) is 5.69 Å². The number of para-hydroxylation sites is 1. The number of anilines is 1. The molecule has 1 heterocycles. The van der Waals surface area contributed by atoms with Gasteiger partial charge in [-0.05, 0) is 44.2 Å². The molecule has 1 aliphatic rings. The van der Waals surface area contributed by atoms with E-state index in [0.29, 0.717) is 6.04 Å². The Balaban J connectivity index is 2.27. The Kier molecular flexibility index (Phi) is 4.22. The van der Waals surface area contributed by atoms with E-state index in [-0.39, 0.29) is 6.61 Å². The van der Waals surface area contributed by atoms with Crippen LogP contribution in [0.3, 0.4) is 0 Å². The number of benzene rings is 1. The van der Waals surface area contributed by atoms with Crippen LogP contribution in [-0.2, 0) is 0 Å². The molecule has 2 rings (SSSR count). The summed E-state index contributed by atoms with van der Waals surface area (Å²) in [5.41, 5.74) is 3.04. The van der Waals surface area contributed by atoms with Crippen molar-refractivity contribution >= 4 is 5.69 Å². The molecule has 1 aromatic rings. The molecular weight excluding hydrogens is 224 g/mol. The summed E-state index contributed by atoms with van der Waals surface area (Å²) in [4.78, 5) is 2.36. The Morgan fingerprint density at radius 3 is 3.06 bits per heavy atom. The van der Waals surface area contributed by atoms with E-state index in [1.54, 1.807) is 0 Å². The first-order valence-corrected chi connectivity index (χ1v) is 6.65. The Morgan fingerprint density at radius 1 is 1.50 bits per heavy atom. The second-order valence-corrected chi connectivity index (χ2v) is 4.94. The third-order valence-electron chi connectivity index (χ3n) is 3.72. The van der Waals surface area contributed by atoms with Crippen molar-refractivity contribution in [1.82, 2.24) is 0 Å². The predicted molar refractivity (Wildman–Crippen MR) is 72.6 cm³/mol. The van der Waals surface area contributed by atoms with Crippen LogP contribution in [0, 0.1) is 18.3 Å². The summed E-state index contributed by atoms with van der Waals surface area (Å²) in [6.07, 6.45) is 4.19. The first-order chi connectivity index (χ1) is 8.77. The van der Waals surface area contributed by atoms with Gasteiger partial charge in [0, 0.05) is 19.2 Å². The SMILES string of the molecule is Cc1cccc(C#N)c1N1CCCC1CCCO. The Labute approximate surface area is 109 Å². The van der Waals surface area contributed by atoms with Crippen LogP contribution in [0.1, 0.15) is 36.8 Å². The minimum Gasteiger partial charge on any atom is -0.396 e. The fraction of sp³-hybridized carbons (Fsp3) is 0.533. The van der Waals surface area contributed by atoms with Crippen molar-refractivity contribution in [3.8, 4) is 6.07 Å². The molecule has 0 saturated carbocycles. The van der Waals surface area contributed by atoms with Crippen molar-refractivity contribution in [2.75, 3.05) is 18.1 Å². The summed E-state index contributed by atoms with van der Waals surface area (Å²) >= 11 is 0. The van der Waals surface area contributed by atoms with Crippen LogP contribution in [0.15, 0.2) is 18.2 Å². The number of nitrogens with zero attached hydrogens (tertiary/aromatic N) is 2. The maximum atomic E-state index is 9.25. The number of hydrogen-bond donors (Lipinski definition) is 1. The molecule has 1 unspecified atom stereocenters. The van der Waals surface area contributed by atoms with E-state index >= 15 is 0 Å². The lowest BCUT2D eigenvalue weighted by atomic mass is 10.0. The number of aliphatic hydroxyl groups is 1. The van der Waals surface area contributed by atoms with Crippen LogP contribution in [0.5, 0.6) is 0 Å². The van der Waals surface area contributed by atoms with Gasteiger partial charge in [-0.2, -0.15) is 5.26 Å². The van der Waals surface area contributed by atoms with Crippen molar-refractivity contribution in [3.05, 3.63) is 29.3 Å². The highest BCUT2D eigenvalue weighted by atomic mass is 16.2.